The number of hydrogen-bond donors (Lipinski definition) is 1. The van der Waals surface area contributed by atoms with Crippen molar-refractivity contribution in [3.05, 3.63) is 58.6 Å². The highest BCUT2D eigenvalue weighted by Crippen LogP contribution is 2.33. The summed E-state index contributed by atoms with van der Waals surface area (Å²) < 4.78 is 24.9. The first-order valence-electron chi connectivity index (χ1n) is 8.46. The minimum Gasteiger partial charge on any atom is -0.349 e. The van der Waals surface area contributed by atoms with Crippen LogP contribution in [0.1, 0.15) is 32.5 Å². The minimum absolute atomic E-state index is 0.0126. The number of anilines is 1. The Balaban J connectivity index is 1.87. The molecule has 2 aromatic heterocycles. The van der Waals surface area contributed by atoms with Crippen LogP contribution in [-0.2, 0) is 16.9 Å². The maximum Gasteiger partial charge on any atom is 0.257 e. The minimum atomic E-state index is -3.28. The van der Waals surface area contributed by atoms with Gasteiger partial charge in [-0.15, -0.1) is 11.3 Å². The van der Waals surface area contributed by atoms with Crippen LogP contribution in [0.3, 0.4) is 0 Å². The molecule has 0 aliphatic heterocycles. The molecule has 8 heteroatoms. The second kappa shape index (κ2) is 7.37. The molecule has 0 radical (unpaired) electrons. The Bertz CT molecular complexity index is 1170. The maximum atomic E-state index is 12.7. The van der Waals surface area contributed by atoms with Crippen LogP contribution in [-0.4, -0.2) is 30.9 Å². The summed E-state index contributed by atoms with van der Waals surface area (Å²) in [6.07, 6.45) is 2.88. The van der Waals surface area contributed by atoms with E-state index in [0.717, 1.165) is 22.4 Å². The van der Waals surface area contributed by atoms with Crippen molar-refractivity contribution in [1.82, 2.24) is 4.57 Å². The van der Waals surface area contributed by atoms with Crippen LogP contribution < -0.4 is 5.32 Å². The van der Waals surface area contributed by atoms with Gasteiger partial charge in [-0.05, 0) is 55.8 Å². The molecule has 0 saturated heterocycles. The number of Topliss-reactive ketones (excluding diaryl/α,β-unsaturated/α-hetero) is 1. The molecule has 0 saturated carbocycles. The molecule has 1 N–H and O–H groups in total. The number of sulfone groups is 1. The fourth-order valence-corrected chi connectivity index (χ4v) is 4.65. The normalized spacial score (nSPS) is 11.4. The smallest absolute Gasteiger partial charge is 0.257 e. The lowest BCUT2D eigenvalue weighted by atomic mass is 10.1. The monoisotopic (exact) mass is 416 g/mol. The Hall–Kier alpha value is -2.71. The average Bonchev–Trinajstić information content (AvgIpc) is 3.19. The molecule has 3 rings (SSSR count). The van der Waals surface area contributed by atoms with E-state index in [9.17, 15) is 18.0 Å². The zero-order valence-electron chi connectivity index (χ0n) is 15.9. The molecule has 0 fully saturated rings. The van der Waals surface area contributed by atoms with Crippen molar-refractivity contribution < 1.29 is 18.0 Å². The van der Waals surface area contributed by atoms with Crippen LogP contribution in [0, 0.1) is 6.92 Å². The molecule has 0 unspecified atom stereocenters. The molecule has 0 bridgehead atoms. The van der Waals surface area contributed by atoms with Gasteiger partial charge in [0, 0.05) is 25.2 Å². The third-order valence-corrected chi connectivity index (χ3v) is 6.73. The summed E-state index contributed by atoms with van der Waals surface area (Å²) in [6.45, 7) is 3.39. The van der Waals surface area contributed by atoms with E-state index in [4.69, 9.17) is 0 Å². The molecule has 1 aromatic carbocycles. The van der Waals surface area contributed by atoms with E-state index in [-0.39, 0.29) is 16.6 Å². The van der Waals surface area contributed by atoms with Crippen molar-refractivity contribution in [3.8, 4) is 10.6 Å². The third kappa shape index (κ3) is 3.93. The molecule has 0 aliphatic rings. The second-order valence-electron chi connectivity index (χ2n) is 6.60. The van der Waals surface area contributed by atoms with Gasteiger partial charge in [0.1, 0.15) is 0 Å². The molecule has 0 spiro atoms. The number of carbonyl (C=O) groups excluding carboxylic acids is 2. The number of benzene rings is 1. The van der Waals surface area contributed by atoms with E-state index in [0.29, 0.717) is 16.1 Å². The first-order chi connectivity index (χ1) is 13.1. The first kappa shape index (κ1) is 20.0. The Morgan fingerprint density at radius 3 is 2.25 bits per heavy atom. The summed E-state index contributed by atoms with van der Waals surface area (Å²) in [4.78, 5) is 26.1. The second-order valence-corrected chi connectivity index (χ2v) is 9.70. The van der Waals surface area contributed by atoms with Crippen LogP contribution in [0.2, 0.25) is 0 Å². The van der Waals surface area contributed by atoms with Crippen molar-refractivity contribution in [2.75, 3.05) is 11.6 Å². The maximum absolute atomic E-state index is 12.7. The molecule has 2 heterocycles. The lowest BCUT2D eigenvalue weighted by Gasteiger charge is -2.06. The zero-order valence-corrected chi connectivity index (χ0v) is 17.6. The Kier molecular flexibility index (Phi) is 5.27. The number of hydrogen-bond acceptors (Lipinski definition) is 5. The van der Waals surface area contributed by atoms with Gasteiger partial charge in [0.05, 0.1) is 25.9 Å². The molecule has 1 amide bonds. The zero-order chi connectivity index (χ0) is 20.6. The molecule has 3 aromatic rings. The number of amides is 1. The fourth-order valence-electron chi connectivity index (χ4n) is 2.97. The fraction of sp³-hybridized carbons (Fsp3) is 0.200. The van der Waals surface area contributed by atoms with Gasteiger partial charge in [-0.1, -0.05) is 0 Å². The van der Waals surface area contributed by atoms with Crippen molar-refractivity contribution in [2.45, 2.75) is 18.7 Å². The third-order valence-electron chi connectivity index (χ3n) is 4.41. The highest BCUT2D eigenvalue weighted by Gasteiger charge is 2.19. The van der Waals surface area contributed by atoms with E-state index >= 15 is 0 Å². The van der Waals surface area contributed by atoms with Gasteiger partial charge in [-0.3, -0.25) is 9.59 Å². The van der Waals surface area contributed by atoms with Crippen molar-refractivity contribution >= 4 is 38.6 Å². The Morgan fingerprint density at radius 2 is 1.71 bits per heavy atom. The number of nitrogens with one attached hydrogen (secondary N) is 1. The number of aryl methyl sites for hydroxylation is 1. The molecule has 6 nitrogen and oxygen atoms in total. The van der Waals surface area contributed by atoms with Gasteiger partial charge in [-0.2, -0.15) is 0 Å². The van der Waals surface area contributed by atoms with Gasteiger partial charge < -0.3 is 9.88 Å². The number of nitrogens with zero attached hydrogens (tertiary/aromatic N) is 1. The molecular weight excluding hydrogens is 396 g/mol. The molecule has 146 valence electrons. The summed E-state index contributed by atoms with van der Waals surface area (Å²) in [6, 6.07) is 9.72. The van der Waals surface area contributed by atoms with Gasteiger partial charge in [0.25, 0.3) is 5.91 Å². The SMILES string of the molecule is CC(=O)c1ccc(-c2c(C)c(C(=O)Nc3ccc(S(C)(=O)=O)cc3)cn2C)s1. The number of ketones is 1. The van der Waals surface area contributed by atoms with E-state index in [1.807, 2.05) is 24.6 Å². The number of carbonyl (C=O) groups is 2. The van der Waals surface area contributed by atoms with Gasteiger partial charge in [0.2, 0.25) is 0 Å². The summed E-state index contributed by atoms with van der Waals surface area (Å²) in [5.74, 6) is -0.270. The highest BCUT2D eigenvalue weighted by molar-refractivity contribution is 7.90. The summed E-state index contributed by atoms with van der Waals surface area (Å²) in [5.41, 5.74) is 2.72. The Morgan fingerprint density at radius 1 is 1.07 bits per heavy atom. The van der Waals surface area contributed by atoms with E-state index < -0.39 is 9.84 Å². The number of rotatable bonds is 5. The average molecular weight is 417 g/mol. The van der Waals surface area contributed by atoms with Gasteiger partial charge >= 0.3 is 0 Å². The first-order valence-corrected chi connectivity index (χ1v) is 11.2. The van der Waals surface area contributed by atoms with Crippen LogP contribution in [0.25, 0.3) is 10.6 Å². The predicted molar refractivity (Wildman–Crippen MR) is 111 cm³/mol. The van der Waals surface area contributed by atoms with Crippen molar-refractivity contribution in [2.24, 2.45) is 7.05 Å². The molecule has 0 atom stereocenters. The quantitative estimate of drug-likeness (QED) is 0.639. The van der Waals surface area contributed by atoms with E-state index in [2.05, 4.69) is 5.32 Å². The van der Waals surface area contributed by atoms with Crippen LogP contribution in [0.15, 0.2) is 47.5 Å². The van der Waals surface area contributed by atoms with E-state index in [1.54, 1.807) is 24.4 Å². The van der Waals surface area contributed by atoms with Crippen LogP contribution >= 0.6 is 11.3 Å². The van der Waals surface area contributed by atoms with Gasteiger partial charge in [-0.25, -0.2) is 8.42 Å². The summed E-state index contributed by atoms with van der Waals surface area (Å²) >= 11 is 1.40. The number of aromatic nitrogens is 1. The summed E-state index contributed by atoms with van der Waals surface area (Å²) in [5, 5.41) is 2.80. The molecular formula is C20H20N2O4S2. The van der Waals surface area contributed by atoms with Crippen LogP contribution in [0.4, 0.5) is 5.69 Å². The lowest BCUT2D eigenvalue weighted by molar-refractivity contribution is 0.101. The van der Waals surface area contributed by atoms with Crippen LogP contribution in [0.5, 0.6) is 0 Å². The molecule has 0 aliphatic carbocycles. The standard InChI is InChI=1S/C20H20N2O4S2/c1-12-16(11-22(3)19(12)18-10-9-17(27-18)13(2)23)20(24)21-14-5-7-15(8-6-14)28(4,25)26/h5-11H,1-4H3,(H,21,24). The number of thiophene rings is 1. The van der Waals surface area contributed by atoms with Crippen molar-refractivity contribution in [1.29, 1.82) is 0 Å². The topological polar surface area (TPSA) is 85.2 Å². The van der Waals surface area contributed by atoms with Gasteiger partial charge in [0.15, 0.2) is 15.6 Å². The van der Waals surface area contributed by atoms with Crippen molar-refractivity contribution in [3.63, 3.8) is 0 Å². The Labute approximate surface area is 167 Å². The molecule has 28 heavy (non-hydrogen) atoms. The summed E-state index contributed by atoms with van der Waals surface area (Å²) in [7, 11) is -1.43. The lowest BCUT2D eigenvalue weighted by Crippen LogP contribution is -2.12. The highest BCUT2D eigenvalue weighted by atomic mass is 32.2. The largest absolute Gasteiger partial charge is 0.349 e. The predicted octanol–water partition coefficient (Wildman–Crippen LogP) is 3.92. The van der Waals surface area contributed by atoms with E-state index in [1.165, 1.54) is 30.4 Å².